The van der Waals surface area contributed by atoms with Crippen LogP contribution in [0.1, 0.15) is 23.1 Å². The number of rotatable bonds is 6. The molecule has 1 amide bonds. The lowest BCUT2D eigenvalue weighted by Crippen LogP contribution is -2.31. The van der Waals surface area contributed by atoms with Gasteiger partial charge < -0.3 is 9.52 Å². The second kappa shape index (κ2) is 8.05. The average Bonchev–Trinajstić information content (AvgIpc) is 2.66. The number of benzene rings is 2. The molecule has 0 aliphatic rings. The van der Waals surface area contributed by atoms with Crippen LogP contribution in [0.2, 0.25) is 0 Å². The lowest BCUT2D eigenvalue weighted by molar-refractivity contribution is -0.133. The van der Waals surface area contributed by atoms with Crippen molar-refractivity contribution >= 4 is 16.9 Å². The van der Waals surface area contributed by atoms with E-state index in [2.05, 4.69) is 0 Å². The summed E-state index contributed by atoms with van der Waals surface area (Å²) in [6.45, 7) is 1.95. The molecule has 140 valence electrons. The molecule has 1 atom stereocenters. The molecule has 1 aromatic heterocycles. The van der Waals surface area contributed by atoms with Crippen LogP contribution in [-0.4, -0.2) is 16.2 Å². The molecule has 6 heteroatoms. The summed E-state index contributed by atoms with van der Waals surface area (Å²) in [5.74, 6) is -0.959. The first-order valence-electron chi connectivity index (χ1n) is 8.71. The predicted octanol–water partition coefficient (Wildman–Crippen LogP) is 3.10. The fourth-order valence-electron chi connectivity index (χ4n) is 3.11. The molecule has 0 bridgehead atoms. The van der Waals surface area contributed by atoms with Crippen molar-refractivity contribution in [2.24, 2.45) is 5.92 Å². The Labute approximate surface area is 156 Å². The van der Waals surface area contributed by atoms with Crippen LogP contribution in [0.3, 0.4) is 0 Å². The average molecular weight is 367 g/mol. The number of fused-ring (bicyclic) bond motifs is 1. The van der Waals surface area contributed by atoms with E-state index in [0.29, 0.717) is 24.0 Å². The smallest absolute Gasteiger partial charge is 0.339 e. The van der Waals surface area contributed by atoms with E-state index in [9.17, 15) is 14.7 Å². The number of phenols is 1. The Morgan fingerprint density at radius 3 is 2.59 bits per heavy atom. The Bertz CT molecular complexity index is 1010. The van der Waals surface area contributed by atoms with Gasteiger partial charge in [0.2, 0.25) is 5.91 Å². The zero-order valence-electron chi connectivity index (χ0n) is 14.9. The molecule has 0 aliphatic carbocycles. The molecule has 0 saturated carbocycles. The van der Waals surface area contributed by atoms with Crippen molar-refractivity contribution in [2.45, 2.75) is 26.2 Å². The van der Waals surface area contributed by atoms with Gasteiger partial charge in [-0.15, -0.1) is 0 Å². The van der Waals surface area contributed by atoms with Crippen LogP contribution in [-0.2, 0) is 17.6 Å². The molecule has 27 heavy (non-hydrogen) atoms. The van der Waals surface area contributed by atoms with Gasteiger partial charge in [0.15, 0.2) is 0 Å². The fourth-order valence-corrected chi connectivity index (χ4v) is 3.11. The molecule has 3 N–H and O–H groups in total. The van der Waals surface area contributed by atoms with Gasteiger partial charge in [-0.1, -0.05) is 23.8 Å². The molecule has 0 fully saturated rings. The number of carbonyl (C=O) groups is 1. The second-order valence-electron chi connectivity index (χ2n) is 6.68. The van der Waals surface area contributed by atoms with E-state index in [1.165, 1.54) is 0 Å². The normalized spacial score (nSPS) is 12.1. The number of amides is 1. The van der Waals surface area contributed by atoms with E-state index in [1.54, 1.807) is 41.9 Å². The lowest BCUT2D eigenvalue weighted by Gasteiger charge is -2.14. The number of aryl methyl sites for hydroxylation is 2. The van der Waals surface area contributed by atoms with Gasteiger partial charge >= 0.3 is 5.63 Å². The zero-order valence-corrected chi connectivity index (χ0v) is 14.9. The largest absolute Gasteiger partial charge is 0.508 e. The highest BCUT2D eigenvalue weighted by Gasteiger charge is 2.21. The second-order valence-corrected chi connectivity index (χ2v) is 6.68. The van der Waals surface area contributed by atoms with E-state index in [0.717, 1.165) is 16.5 Å². The molecular weight excluding hydrogens is 346 g/mol. The van der Waals surface area contributed by atoms with Gasteiger partial charge in [0.25, 0.3) is 0 Å². The van der Waals surface area contributed by atoms with Gasteiger partial charge in [0.1, 0.15) is 11.3 Å². The Morgan fingerprint density at radius 2 is 1.89 bits per heavy atom. The number of hydroxylamine groups is 1. The van der Waals surface area contributed by atoms with E-state index in [1.807, 2.05) is 19.1 Å². The SMILES string of the molecule is Cc1ccc2oc(=O)c(CC(CCc3ccc(O)cc3)C(=O)NO)cc2c1. The first-order chi connectivity index (χ1) is 13.0. The number of aromatic hydroxyl groups is 1. The van der Waals surface area contributed by atoms with E-state index < -0.39 is 17.5 Å². The molecule has 0 spiro atoms. The lowest BCUT2D eigenvalue weighted by atomic mass is 9.92. The maximum absolute atomic E-state index is 12.3. The molecule has 2 aromatic carbocycles. The third-order valence-electron chi connectivity index (χ3n) is 4.62. The first kappa shape index (κ1) is 18.7. The Balaban J connectivity index is 1.82. The quantitative estimate of drug-likeness (QED) is 0.353. The standard InChI is InChI=1S/C21H21NO5/c1-13-2-9-19-16(10-13)12-17(21(25)27-19)11-15(20(24)22-26)6-3-14-4-7-18(23)8-5-14/h2,4-5,7-10,12,15,23,26H,3,6,11H2,1H3,(H,22,24). The van der Waals surface area contributed by atoms with Gasteiger partial charge in [-0.2, -0.15) is 0 Å². The van der Waals surface area contributed by atoms with Crippen molar-refractivity contribution in [1.29, 1.82) is 0 Å². The minimum atomic E-state index is -0.589. The molecule has 0 radical (unpaired) electrons. The summed E-state index contributed by atoms with van der Waals surface area (Å²) >= 11 is 0. The molecule has 0 aliphatic heterocycles. The minimum Gasteiger partial charge on any atom is -0.508 e. The maximum Gasteiger partial charge on any atom is 0.339 e. The van der Waals surface area contributed by atoms with E-state index in [-0.39, 0.29) is 12.2 Å². The van der Waals surface area contributed by atoms with Crippen LogP contribution >= 0.6 is 0 Å². The van der Waals surface area contributed by atoms with Crippen molar-refractivity contribution in [2.75, 3.05) is 0 Å². The third kappa shape index (κ3) is 4.54. The minimum absolute atomic E-state index is 0.163. The van der Waals surface area contributed by atoms with Crippen molar-refractivity contribution in [3.8, 4) is 5.75 Å². The van der Waals surface area contributed by atoms with Crippen LogP contribution in [0.4, 0.5) is 0 Å². The monoisotopic (exact) mass is 367 g/mol. The van der Waals surface area contributed by atoms with Gasteiger partial charge in [-0.3, -0.25) is 10.0 Å². The highest BCUT2D eigenvalue weighted by Crippen LogP contribution is 2.20. The topological polar surface area (TPSA) is 99.8 Å². The fraction of sp³-hybridized carbons (Fsp3) is 0.238. The predicted molar refractivity (Wildman–Crippen MR) is 101 cm³/mol. The van der Waals surface area contributed by atoms with Crippen LogP contribution in [0, 0.1) is 12.8 Å². The van der Waals surface area contributed by atoms with E-state index in [4.69, 9.17) is 9.62 Å². The van der Waals surface area contributed by atoms with Crippen molar-refractivity contribution in [1.82, 2.24) is 5.48 Å². The Hall–Kier alpha value is -3.12. The third-order valence-corrected chi connectivity index (χ3v) is 4.62. The van der Waals surface area contributed by atoms with Crippen molar-refractivity contribution < 1.29 is 19.5 Å². The highest BCUT2D eigenvalue weighted by molar-refractivity contribution is 5.79. The van der Waals surface area contributed by atoms with Crippen LogP contribution < -0.4 is 11.1 Å². The van der Waals surface area contributed by atoms with E-state index >= 15 is 0 Å². The number of carbonyl (C=O) groups excluding carboxylic acids is 1. The summed E-state index contributed by atoms with van der Waals surface area (Å²) in [7, 11) is 0. The summed E-state index contributed by atoms with van der Waals surface area (Å²) in [6.07, 6.45) is 1.16. The van der Waals surface area contributed by atoms with Gasteiger partial charge in [-0.05, 0) is 62.1 Å². The summed E-state index contributed by atoms with van der Waals surface area (Å²) in [6, 6.07) is 14.0. The molecule has 3 rings (SSSR count). The molecule has 0 saturated heterocycles. The maximum atomic E-state index is 12.3. The van der Waals surface area contributed by atoms with Crippen molar-refractivity contribution in [3.63, 3.8) is 0 Å². The van der Waals surface area contributed by atoms with Crippen LogP contribution in [0.15, 0.2) is 57.7 Å². The van der Waals surface area contributed by atoms with Crippen LogP contribution in [0.5, 0.6) is 5.75 Å². The summed E-state index contributed by atoms with van der Waals surface area (Å²) in [5.41, 5.74) is 4.09. The summed E-state index contributed by atoms with van der Waals surface area (Å²) in [4.78, 5) is 24.4. The highest BCUT2D eigenvalue weighted by atomic mass is 16.5. The van der Waals surface area contributed by atoms with Crippen molar-refractivity contribution in [3.05, 3.63) is 75.6 Å². The number of hydrogen-bond acceptors (Lipinski definition) is 5. The molecule has 1 unspecified atom stereocenters. The molecule has 6 nitrogen and oxygen atoms in total. The first-order valence-corrected chi connectivity index (χ1v) is 8.71. The van der Waals surface area contributed by atoms with Gasteiger partial charge in [0.05, 0.1) is 0 Å². The zero-order chi connectivity index (χ0) is 19.4. The number of nitrogens with one attached hydrogen (secondary N) is 1. The Kier molecular flexibility index (Phi) is 5.57. The van der Waals surface area contributed by atoms with Gasteiger partial charge in [0, 0.05) is 16.9 Å². The summed E-state index contributed by atoms with van der Waals surface area (Å²) < 4.78 is 5.36. The van der Waals surface area contributed by atoms with Crippen LogP contribution in [0.25, 0.3) is 11.0 Å². The number of phenolic OH excluding ortho intramolecular Hbond substituents is 1. The molecule has 3 aromatic rings. The Morgan fingerprint density at radius 1 is 1.15 bits per heavy atom. The number of hydrogen-bond donors (Lipinski definition) is 3. The van der Waals surface area contributed by atoms with Gasteiger partial charge in [-0.25, -0.2) is 10.3 Å². The summed E-state index contributed by atoms with van der Waals surface area (Å²) in [5, 5.41) is 19.2. The molecular formula is C21H21NO5. The molecule has 1 heterocycles.